The first kappa shape index (κ1) is 11.4. The summed E-state index contributed by atoms with van der Waals surface area (Å²) in [7, 11) is 0. The SMILES string of the molecule is c1ccc2nc(NC3CCCCNC3)ncc2c1. The third-order valence-electron chi connectivity index (χ3n) is 3.37. The van der Waals surface area contributed by atoms with Gasteiger partial charge in [0, 0.05) is 24.2 Å². The van der Waals surface area contributed by atoms with E-state index in [4.69, 9.17) is 0 Å². The molecule has 1 atom stereocenters. The van der Waals surface area contributed by atoms with Crippen LogP contribution in [0, 0.1) is 0 Å². The molecule has 1 aliphatic heterocycles. The topological polar surface area (TPSA) is 49.8 Å². The fourth-order valence-electron chi connectivity index (χ4n) is 2.37. The van der Waals surface area contributed by atoms with Crippen LogP contribution in [0.5, 0.6) is 0 Å². The first-order chi connectivity index (χ1) is 8.92. The Morgan fingerprint density at radius 1 is 1.22 bits per heavy atom. The summed E-state index contributed by atoms with van der Waals surface area (Å²) < 4.78 is 0. The van der Waals surface area contributed by atoms with E-state index in [1.165, 1.54) is 19.3 Å². The molecule has 4 nitrogen and oxygen atoms in total. The largest absolute Gasteiger partial charge is 0.350 e. The third-order valence-corrected chi connectivity index (χ3v) is 3.37. The summed E-state index contributed by atoms with van der Waals surface area (Å²) in [6, 6.07) is 8.51. The van der Waals surface area contributed by atoms with E-state index in [2.05, 4.69) is 20.6 Å². The predicted octanol–water partition coefficient (Wildman–Crippen LogP) is 2.18. The van der Waals surface area contributed by atoms with E-state index in [1.54, 1.807) is 0 Å². The number of para-hydroxylation sites is 1. The molecule has 18 heavy (non-hydrogen) atoms. The van der Waals surface area contributed by atoms with Crippen molar-refractivity contribution < 1.29 is 0 Å². The molecule has 0 saturated carbocycles. The van der Waals surface area contributed by atoms with E-state index in [0.29, 0.717) is 6.04 Å². The Bertz CT molecular complexity index is 518. The van der Waals surface area contributed by atoms with Gasteiger partial charge in [-0.05, 0) is 25.5 Å². The summed E-state index contributed by atoms with van der Waals surface area (Å²) >= 11 is 0. The lowest BCUT2D eigenvalue weighted by Crippen LogP contribution is -2.31. The maximum absolute atomic E-state index is 4.55. The van der Waals surface area contributed by atoms with Crippen molar-refractivity contribution in [3.05, 3.63) is 30.5 Å². The maximum atomic E-state index is 4.55. The van der Waals surface area contributed by atoms with Crippen LogP contribution >= 0.6 is 0 Å². The molecule has 1 aromatic heterocycles. The zero-order valence-electron chi connectivity index (χ0n) is 10.4. The number of benzene rings is 1. The third kappa shape index (κ3) is 2.59. The molecule has 1 aliphatic rings. The highest BCUT2D eigenvalue weighted by Crippen LogP contribution is 2.14. The summed E-state index contributed by atoms with van der Waals surface area (Å²) in [5.74, 6) is 0.738. The van der Waals surface area contributed by atoms with Gasteiger partial charge in [0.1, 0.15) is 0 Å². The quantitative estimate of drug-likeness (QED) is 0.847. The predicted molar refractivity (Wildman–Crippen MR) is 73.7 cm³/mol. The lowest BCUT2D eigenvalue weighted by molar-refractivity contribution is 0.631. The number of nitrogens with zero attached hydrogens (tertiary/aromatic N) is 2. The normalized spacial score (nSPS) is 20.6. The number of hydrogen-bond acceptors (Lipinski definition) is 4. The van der Waals surface area contributed by atoms with Gasteiger partial charge >= 0.3 is 0 Å². The van der Waals surface area contributed by atoms with Crippen molar-refractivity contribution in [3.8, 4) is 0 Å². The molecular formula is C14H18N4. The van der Waals surface area contributed by atoms with E-state index >= 15 is 0 Å². The lowest BCUT2D eigenvalue weighted by Gasteiger charge is -2.16. The number of hydrogen-bond donors (Lipinski definition) is 2. The molecule has 94 valence electrons. The number of aromatic nitrogens is 2. The minimum Gasteiger partial charge on any atom is -0.350 e. The van der Waals surface area contributed by atoms with E-state index in [0.717, 1.165) is 29.9 Å². The van der Waals surface area contributed by atoms with Gasteiger partial charge in [-0.25, -0.2) is 9.97 Å². The smallest absolute Gasteiger partial charge is 0.223 e. The molecule has 1 unspecified atom stereocenters. The van der Waals surface area contributed by atoms with Gasteiger partial charge < -0.3 is 10.6 Å². The van der Waals surface area contributed by atoms with Crippen molar-refractivity contribution in [2.75, 3.05) is 18.4 Å². The van der Waals surface area contributed by atoms with Gasteiger partial charge in [0.2, 0.25) is 5.95 Å². The Balaban J connectivity index is 1.77. The van der Waals surface area contributed by atoms with Crippen molar-refractivity contribution in [2.24, 2.45) is 0 Å². The van der Waals surface area contributed by atoms with Crippen LogP contribution in [-0.4, -0.2) is 29.1 Å². The lowest BCUT2D eigenvalue weighted by atomic mass is 10.1. The highest BCUT2D eigenvalue weighted by Gasteiger charge is 2.12. The van der Waals surface area contributed by atoms with E-state index in [1.807, 2.05) is 30.5 Å². The number of anilines is 1. The standard InChI is InChI=1S/C14H18N4/c1-2-7-13-11(5-1)9-16-14(18-13)17-12-6-3-4-8-15-10-12/h1-2,5,7,9,12,15H,3-4,6,8,10H2,(H,16,17,18). The van der Waals surface area contributed by atoms with Crippen LogP contribution in [0.4, 0.5) is 5.95 Å². The van der Waals surface area contributed by atoms with Gasteiger partial charge in [-0.2, -0.15) is 0 Å². The first-order valence-corrected chi connectivity index (χ1v) is 6.61. The number of fused-ring (bicyclic) bond motifs is 1. The van der Waals surface area contributed by atoms with Gasteiger partial charge in [-0.15, -0.1) is 0 Å². The molecule has 0 bridgehead atoms. The summed E-state index contributed by atoms with van der Waals surface area (Å²) in [6.45, 7) is 2.12. The zero-order chi connectivity index (χ0) is 12.2. The van der Waals surface area contributed by atoms with Crippen molar-refractivity contribution >= 4 is 16.9 Å². The Kier molecular flexibility index (Phi) is 3.37. The van der Waals surface area contributed by atoms with Crippen LogP contribution in [-0.2, 0) is 0 Å². The summed E-state index contributed by atoms with van der Waals surface area (Å²) in [5.41, 5.74) is 0.997. The average molecular weight is 242 g/mol. The molecule has 0 aliphatic carbocycles. The Morgan fingerprint density at radius 2 is 2.17 bits per heavy atom. The first-order valence-electron chi connectivity index (χ1n) is 6.61. The second kappa shape index (κ2) is 5.31. The van der Waals surface area contributed by atoms with Crippen LogP contribution in [0.25, 0.3) is 10.9 Å². The molecule has 1 aromatic carbocycles. The van der Waals surface area contributed by atoms with Crippen LogP contribution < -0.4 is 10.6 Å². The van der Waals surface area contributed by atoms with E-state index in [-0.39, 0.29) is 0 Å². The van der Waals surface area contributed by atoms with Gasteiger partial charge in [-0.3, -0.25) is 0 Å². The molecule has 0 spiro atoms. The van der Waals surface area contributed by atoms with Crippen LogP contribution in [0.3, 0.4) is 0 Å². The molecule has 1 saturated heterocycles. The maximum Gasteiger partial charge on any atom is 0.223 e. The van der Waals surface area contributed by atoms with Crippen molar-refractivity contribution in [3.63, 3.8) is 0 Å². The fraction of sp³-hybridized carbons (Fsp3) is 0.429. The monoisotopic (exact) mass is 242 g/mol. The minimum atomic E-state index is 0.439. The summed E-state index contributed by atoms with van der Waals surface area (Å²) in [4.78, 5) is 8.93. The fourth-order valence-corrected chi connectivity index (χ4v) is 2.37. The van der Waals surface area contributed by atoms with E-state index < -0.39 is 0 Å². The summed E-state index contributed by atoms with van der Waals surface area (Å²) in [5, 5.41) is 7.95. The number of rotatable bonds is 2. The summed E-state index contributed by atoms with van der Waals surface area (Å²) in [6.07, 6.45) is 5.59. The van der Waals surface area contributed by atoms with Crippen LogP contribution in [0.1, 0.15) is 19.3 Å². The minimum absolute atomic E-state index is 0.439. The Labute approximate surface area is 107 Å². The highest BCUT2D eigenvalue weighted by molar-refractivity contribution is 5.78. The molecule has 4 heteroatoms. The van der Waals surface area contributed by atoms with Crippen molar-refractivity contribution in [2.45, 2.75) is 25.3 Å². The van der Waals surface area contributed by atoms with Crippen LogP contribution in [0.2, 0.25) is 0 Å². The zero-order valence-corrected chi connectivity index (χ0v) is 10.4. The van der Waals surface area contributed by atoms with Crippen LogP contribution in [0.15, 0.2) is 30.5 Å². The molecule has 0 amide bonds. The highest BCUT2D eigenvalue weighted by atomic mass is 15.1. The molecule has 0 radical (unpaired) electrons. The van der Waals surface area contributed by atoms with Crippen molar-refractivity contribution in [1.82, 2.24) is 15.3 Å². The Hall–Kier alpha value is -1.68. The molecule has 1 fully saturated rings. The number of nitrogens with one attached hydrogen (secondary N) is 2. The average Bonchev–Trinajstić information content (AvgIpc) is 2.67. The second-order valence-corrected chi connectivity index (χ2v) is 4.79. The van der Waals surface area contributed by atoms with Gasteiger partial charge in [0.25, 0.3) is 0 Å². The van der Waals surface area contributed by atoms with E-state index in [9.17, 15) is 0 Å². The van der Waals surface area contributed by atoms with Crippen molar-refractivity contribution in [1.29, 1.82) is 0 Å². The van der Waals surface area contributed by atoms with Gasteiger partial charge in [0.15, 0.2) is 0 Å². The van der Waals surface area contributed by atoms with Gasteiger partial charge in [0.05, 0.1) is 5.52 Å². The second-order valence-electron chi connectivity index (χ2n) is 4.79. The molecular weight excluding hydrogens is 224 g/mol. The molecule has 2 N–H and O–H groups in total. The molecule has 2 aromatic rings. The Morgan fingerprint density at radius 3 is 3.17 bits per heavy atom. The molecule has 2 heterocycles. The molecule has 3 rings (SSSR count). The van der Waals surface area contributed by atoms with Gasteiger partial charge in [-0.1, -0.05) is 24.6 Å².